The lowest BCUT2D eigenvalue weighted by atomic mass is 10.3. The number of aliphatic carboxylic acids is 1. The van der Waals surface area contributed by atoms with Crippen molar-refractivity contribution in [3.63, 3.8) is 0 Å². The van der Waals surface area contributed by atoms with Crippen LogP contribution in [0.1, 0.15) is 39.5 Å². The third-order valence-corrected chi connectivity index (χ3v) is 5.33. The Morgan fingerprint density at radius 1 is 1.35 bits per heavy atom. The molecule has 6 heteroatoms. The lowest BCUT2D eigenvalue weighted by Gasteiger charge is -2.09. The van der Waals surface area contributed by atoms with Crippen LogP contribution in [0.4, 0.5) is 0 Å². The fourth-order valence-corrected chi connectivity index (χ4v) is 3.63. The molecule has 0 saturated carbocycles. The summed E-state index contributed by atoms with van der Waals surface area (Å²) in [6, 6.07) is 4.09. The number of aryl methyl sites for hydroxylation is 1. The first-order valence-corrected chi connectivity index (χ1v) is 8.19. The number of thiazole rings is 1. The zero-order valence-electron chi connectivity index (χ0n) is 11.5. The molecule has 1 atom stereocenters. The van der Waals surface area contributed by atoms with Crippen molar-refractivity contribution >= 4 is 28.6 Å². The minimum Gasteiger partial charge on any atom is -0.481 e. The highest BCUT2D eigenvalue weighted by Crippen LogP contribution is 2.22. The Hall–Kier alpha value is -1.24. The van der Waals surface area contributed by atoms with E-state index in [-0.39, 0.29) is 12.5 Å². The molecule has 108 valence electrons. The number of carboxylic acid groups (broad SMARTS) is 1. The number of carboxylic acids is 1. The second kappa shape index (κ2) is 6.97. The van der Waals surface area contributed by atoms with Crippen LogP contribution in [0.3, 0.4) is 0 Å². The molecule has 0 amide bonds. The number of hydrogen-bond donors (Lipinski definition) is 2. The first kappa shape index (κ1) is 15.2. The van der Waals surface area contributed by atoms with Gasteiger partial charge in [-0.1, -0.05) is 6.92 Å². The van der Waals surface area contributed by atoms with Crippen molar-refractivity contribution in [3.05, 3.63) is 38.0 Å². The monoisotopic (exact) mass is 310 g/mol. The molecule has 0 aliphatic carbocycles. The summed E-state index contributed by atoms with van der Waals surface area (Å²) in [5, 5.41) is 13.3. The molecule has 2 N–H and O–H groups in total. The van der Waals surface area contributed by atoms with E-state index in [0.29, 0.717) is 0 Å². The van der Waals surface area contributed by atoms with Gasteiger partial charge in [-0.3, -0.25) is 4.79 Å². The summed E-state index contributed by atoms with van der Waals surface area (Å²) in [7, 11) is 0. The summed E-state index contributed by atoms with van der Waals surface area (Å²) >= 11 is 3.29. The van der Waals surface area contributed by atoms with Crippen molar-refractivity contribution in [2.75, 3.05) is 0 Å². The Morgan fingerprint density at radius 2 is 2.10 bits per heavy atom. The molecule has 4 nitrogen and oxygen atoms in total. The second-order valence-corrected chi connectivity index (χ2v) is 6.96. The van der Waals surface area contributed by atoms with E-state index in [4.69, 9.17) is 5.11 Å². The van der Waals surface area contributed by atoms with E-state index in [0.717, 1.165) is 27.7 Å². The van der Waals surface area contributed by atoms with Crippen LogP contribution in [0.2, 0.25) is 0 Å². The van der Waals surface area contributed by atoms with Gasteiger partial charge in [-0.05, 0) is 25.5 Å². The zero-order valence-corrected chi connectivity index (χ0v) is 13.2. The van der Waals surface area contributed by atoms with Crippen molar-refractivity contribution in [1.29, 1.82) is 0 Å². The first-order chi connectivity index (χ1) is 9.58. The minimum atomic E-state index is -0.783. The van der Waals surface area contributed by atoms with Crippen LogP contribution in [0.25, 0.3) is 0 Å². The maximum absolute atomic E-state index is 10.6. The molecular weight excluding hydrogens is 292 g/mol. The normalized spacial score (nSPS) is 12.5. The van der Waals surface area contributed by atoms with Crippen molar-refractivity contribution in [1.82, 2.24) is 10.3 Å². The van der Waals surface area contributed by atoms with Crippen LogP contribution in [0, 0.1) is 0 Å². The van der Waals surface area contributed by atoms with Crippen LogP contribution in [-0.2, 0) is 24.2 Å². The summed E-state index contributed by atoms with van der Waals surface area (Å²) in [6.07, 6.45) is 3.06. The van der Waals surface area contributed by atoms with Gasteiger partial charge in [-0.25, -0.2) is 4.98 Å². The highest BCUT2D eigenvalue weighted by molar-refractivity contribution is 7.12. The minimum absolute atomic E-state index is 0.104. The molecule has 0 aliphatic heterocycles. The van der Waals surface area contributed by atoms with E-state index in [2.05, 4.69) is 24.1 Å². The van der Waals surface area contributed by atoms with Crippen molar-refractivity contribution in [3.8, 4) is 0 Å². The Balaban J connectivity index is 1.88. The third-order valence-electron chi connectivity index (χ3n) is 2.92. The number of carbonyl (C=O) groups is 1. The molecule has 2 aromatic rings. The summed E-state index contributed by atoms with van der Waals surface area (Å²) in [5.41, 5.74) is 0. The predicted octanol–water partition coefficient (Wildman–Crippen LogP) is 3.24. The molecule has 2 heterocycles. The summed E-state index contributed by atoms with van der Waals surface area (Å²) in [6.45, 7) is 4.97. The average Bonchev–Trinajstić information content (AvgIpc) is 3.04. The van der Waals surface area contributed by atoms with Gasteiger partial charge in [0.15, 0.2) is 0 Å². The molecule has 0 spiro atoms. The van der Waals surface area contributed by atoms with E-state index in [1.807, 2.05) is 18.3 Å². The number of aromatic nitrogens is 1. The van der Waals surface area contributed by atoms with Crippen LogP contribution >= 0.6 is 22.7 Å². The van der Waals surface area contributed by atoms with E-state index in [9.17, 15) is 4.79 Å². The first-order valence-electron chi connectivity index (χ1n) is 6.55. The van der Waals surface area contributed by atoms with Crippen LogP contribution < -0.4 is 5.32 Å². The van der Waals surface area contributed by atoms with Gasteiger partial charge in [-0.15, -0.1) is 22.7 Å². The number of hydrogen-bond acceptors (Lipinski definition) is 5. The fraction of sp³-hybridized carbons (Fsp3) is 0.429. The number of rotatable bonds is 7. The molecule has 2 rings (SSSR count). The van der Waals surface area contributed by atoms with Crippen LogP contribution in [0.15, 0.2) is 18.3 Å². The molecular formula is C14H18N2O2S2. The Morgan fingerprint density at radius 3 is 2.75 bits per heavy atom. The maximum atomic E-state index is 10.6. The standard InChI is InChI=1S/C14H18N2O2S2/c1-3-10-7-16-14(20-10)9(2)15-8-12-5-4-11(19-12)6-13(17)18/h4-5,7,9,15H,3,6,8H2,1-2H3,(H,17,18). The maximum Gasteiger partial charge on any atom is 0.308 e. The van der Waals surface area contributed by atoms with Crippen molar-refractivity contribution < 1.29 is 9.90 Å². The van der Waals surface area contributed by atoms with Gasteiger partial charge in [0.2, 0.25) is 0 Å². The zero-order chi connectivity index (χ0) is 14.5. The highest BCUT2D eigenvalue weighted by atomic mass is 32.1. The van der Waals surface area contributed by atoms with Crippen molar-refractivity contribution in [2.45, 2.75) is 39.3 Å². The quantitative estimate of drug-likeness (QED) is 0.824. The summed E-state index contributed by atoms with van der Waals surface area (Å²) in [5.74, 6) is -0.783. The van der Waals surface area contributed by atoms with E-state index < -0.39 is 5.97 Å². The Labute approximate surface area is 126 Å². The molecule has 0 aromatic carbocycles. The van der Waals surface area contributed by atoms with Gasteiger partial charge >= 0.3 is 5.97 Å². The average molecular weight is 310 g/mol. The number of nitrogens with one attached hydrogen (secondary N) is 1. The predicted molar refractivity (Wildman–Crippen MR) is 82.4 cm³/mol. The molecule has 0 radical (unpaired) electrons. The topological polar surface area (TPSA) is 62.2 Å². The van der Waals surface area contributed by atoms with Gasteiger partial charge in [0, 0.05) is 27.4 Å². The molecule has 0 saturated heterocycles. The fourth-order valence-electron chi connectivity index (χ4n) is 1.79. The molecule has 1 unspecified atom stereocenters. The van der Waals surface area contributed by atoms with Gasteiger partial charge in [0.25, 0.3) is 0 Å². The van der Waals surface area contributed by atoms with Gasteiger partial charge < -0.3 is 10.4 Å². The van der Waals surface area contributed by atoms with Gasteiger partial charge in [0.05, 0.1) is 12.5 Å². The van der Waals surface area contributed by atoms with E-state index >= 15 is 0 Å². The van der Waals surface area contributed by atoms with E-state index in [1.54, 1.807) is 22.7 Å². The van der Waals surface area contributed by atoms with Crippen LogP contribution in [0.5, 0.6) is 0 Å². The summed E-state index contributed by atoms with van der Waals surface area (Å²) < 4.78 is 0. The van der Waals surface area contributed by atoms with Crippen LogP contribution in [-0.4, -0.2) is 16.1 Å². The SMILES string of the molecule is CCc1cnc(C(C)NCc2ccc(CC(=O)O)s2)s1. The second-order valence-electron chi connectivity index (χ2n) is 4.56. The molecule has 0 bridgehead atoms. The Bertz CT molecular complexity index is 577. The van der Waals surface area contributed by atoms with Gasteiger partial charge in [0.1, 0.15) is 5.01 Å². The molecule has 0 aliphatic rings. The summed E-state index contributed by atoms with van der Waals surface area (Å²) in [4.78, 5) is 18.4. The highest BCUT2D eigenvalue weighted by Gasteiger charge is 2.10. The smallest absolute Gasteiger partial charge is 0.308 e. The lowest BCUT2D eigenvalue weighted by Crippen LogP contribution is -2.17. The van der Waals surface area contributed by atoms with Gasteiger partial charge in [-0.2, -0.15) is 0 Å². The number of thiophene rings is 1. The molecule has 20 heavy (non-hydrogen) atoms. The van der Waals surface area contributed by atoms with E-state index in [1.165, 1.54) is 4.88 Å². The molecule has 2 aromatic heterocycles. The number of nitrogens with zero attached hydrogens (tertiary/aromatic N) is 1. The largest absolute Gasteiger partial charge is 0.481 e. The lowest BCUT2D eigenvalue weighted by molar-refractivity contribution is -0.136. The third kappa shape index (κ3) is 4.13. The molecule has 0 fully saturated rings. The van der Waals surface area contributed by atoms with Crippen molar-refractivity contribution in [2.24, 2.45) is 0 Å². The Kier molecular flexibility index (Phi) is 5.28.